The molecule has 0 aliphatic rings. The van der Waals surface area contributed by atoms with E-state index in [1.807, 2.05) is 18.7 Å². The first-order valence-corrected chi connectivity index (χ1v) is 6.54. The number of amides is 1. The summed E-state index contributed by atoms with van der Waals surface area (Å²) in [6, 6.07) is 3.10. The van der Waals surface area contributed by atoms with Crippen LogP contribution in [-0.2, 0) is 4.79 Å². The Morgan fingerprint density at radius 1 is 1.21 bits per heavy atom. The van der Waals surface area contributed by atoms with Crippen molar-refractivity contribution in [2.24, 2.45) is 0 Å². The summed E-state index contributed by atoms with van der Waals surface area (Å²) < 4.78 is 26.1. The number of carbonyl (C=O) groups is 1. The third-order valence-corrected chi connectivity index (χ3v) is 2.65. The number of halogens is 2. The highest BCUT2D eigenvalue weighted by Gasteiger charge is 2.11. The lowest BCUT2D eigenvalue weighted by Gasteiger charge is -2.20. The van der Waals surface area contributed by atoms with E-state index in [1.54, 1.807) is 0 Å². The molecule has 0 aliphatic carbocycles. The van der Waals surface area contributed by atoms with Crippen molar-refractivity contribution in [2.45, 2.75) is 26.7 Å². The molecule has 0 fully saturated rings. The number of hydrogen-bond donors (Lipinski definition) is 1. The Kier molecular flexibility index (Phi) is 6.42. The summed E-state index contributed by atoms with van der Waals surface area (Å²) in [6.45, 7) is 5.96. The van der Waals surface area contributed by atoms with Crippen LogP contribution in [0.4, 0.5) is 14.5 Å². The van der Waals surface area contributed by atoms with Crippen LogP contribution in [0.2, 0.25) is 0 Å². The molecule has 5 heteroatoms. The fraction of sp³-hybridized carbons (Fsp3) is 0.500. The molecule has 1 amide bonds. The van der Waals surface area contributed by atoms with Gasteiger partial charge in [0.15, 0.2) is 0 Å². The first-order chi connectivity index (χ1) is 9.06. The first-order valence-electron chi connectivity index (χ1n) is 6.54. The van der Waals surface area contributed by atoms with Crippen molar-refractivity contribution in [2.75, 3.05) is 25.0 Å². The second kappa shape index (κ2) is 7.84. The third-order valence-electron chi connectivity index (χ3n) is 2.65. The summed E-state index contributed by atoms with van der Waals surface area (Å²) in [5.41, 5.74) is 0.0133. The molecule has 3 nitrogen and oxygen atoms in total. The Balaban J connectivity index is 2.58. The van der Waals surface area contributed by atoms with Gasteiger partial charge in [-0.3, -0.25) is 9.69 Å². The number of carbonyl (C=O) groups excluding carboxylic acids is 1. The number of hydrogen-bond acceptors (Lipinski definition) is 2. The van der Waals surface area contributed by atoms with Crippen molar-refractivity contribution in [1.29, 1.82) is 0 Å². The van der Waals surface area contributed by atoms with E-state index < -0.39 is 11.6 Å². The van der Waals surface area contributed by atoms with E-state index >= 15 is 0 Å². The summed E-state index contributed by atoms with van der Waals surface area (Å²) >= 11 is 0. The summed E-state index contributed by atoms with van der Waals surface area (Å²) in [5, 5.41) is 2.46. The molecule has 1 rings (SSSR count). The predicted molar refractivity (Wildman–Crippen MR) is 72.0 cm³/mol. The molecule has 19 heavy (non-hydrogen) atoms. The van der Waals surface area contributed by atoms with Crippen LogP contribution >= 0.6 is 0 Å². The number of nitrogens with zero attached hydrogens (tertiary/aromatic N) is 1. The van der Waals surface area contributed by atoms with Crippen molar-refractivity contribution in [3.05, 3.63) is 29.8 Å². The Morgan fingerprint density at radius 2 is 1.84 bits per heavy atom. The van der Waals surface area contributed by atoms with Crippen molar-refractivity contribution < 1.29 is 13.6 Å². The lowest BCUT2D eigenvalue weighted by atomic mass is 10.3. The summed E-state index contributed by atoms with van der Waals surface area (Å²) in [7, 11) is 0. The molecule has 0 bridgehead atoms. The lowest BCUT2D eigenvalue weighted by molar-refractivity contribution is -0.117. The van der Waals surface area contributed by atoms with E-state index in [9.17, 15) is 13.6 Å². The fourth-order valence-corrected chi connectivity index (χ4v) is 1.89. The molecular weight excluding hydrogens is 250 g/mol. The van der Waals surface area contributed by atoms with Gasteiger partial charge in [0.25, 0.3) is 0 Å². The van der Waals surface area contributed by atoms with Crippen LogP contribution in [0.1, 0.15) is 26.7 Å². The van der Waals surface area contributed by atoms with Gasteiger partial charge in [0.05, 0.1) is 12.2 Å². The van der Waals surface area contributed by atoms with Gasteiger partial charge in [-0.1, -0.05) is 13.8 Å². The van der Waals surface area contributed by atoms with Gasteiger partial charge >= 0.3 is 0 Å². The van der Waals surface area contributed by atoms with E-state index in [0.717, 1.165) is 38.1 Å². The van der Waals surface area contributed by atoms with Gasteiger partial charge in [0.1, 0.15) is 11.6 Å². The second-order valence-corrected chi connectivity index (χ2v) is 4.45. The number of anilines is 1. The zero-order valence-corrected chi connectivity index (χ0v) is 11.4. The van der Waals surface area contributed by atoms with E-state index in [-0.39, 0.29) is 18.1 Å². The molecule has 0 aromatic heterocycles. The van der Waals surface area contributed by atoms with Gasteiger partial charge in [0, 0.05) is 6.07 Å². The molecule has 0 spiro atoms. The number of rotatable bonds is 7. The zero-order chi connectivity index (χ0) is 14.3. The van der Waals surface area contributed by atoms with Gasteiger partial charge in [-0.15, -0.1) is 0 Å². The van der Waals surface area contributed by atoms with Crippen molar-refractivity contribution >= 4 is 11.6 Å². The minimum absolute atomic E-state index is 0.0133. The molecule has 1 N–H and O–H groups in total. The Labute approximate surface area is 112 Å². The number of nitrogens with one attached hydrogen (secondary N) is 1. The highest BCUT2D eigenvalue weighted by molar-refractivity contribution is 5.92. The first kappa shape index (κ1) is 15.6. The molecule has 106 valence electrons. The molecule has 0 aliphatic heterocycles. The Hall–Kier alpha value is -1.49. The fourth-order valence-electron chi connectivity index (χ4n) is 1.89. The number of benzene rings is 1. The van der Waals surface area contributed by atoms with E-state index in [4.69, 9.17) is 0 Å². The van der Waals surface area contributed by atoms with Gasteiger partial charge in [0.2, 0.25) is 5.91 Å². The van der Waals surface area contributed by atoms with Crippen LogP contribution in [-0.4, -0.2) is 30.4 Å². The highest BCUT2D eigenvalue weighted by Crippen LogP contribution is 2.14. The summed E-state index contributed by atoms with van der Waals surface area (Å²) in [5.74, 6) is -1.70. The molecule has 1 aromatic carbocycles. The molecule has 0 radical (unpaired) electrons. The minimum atomic E-state index is -0.758. The molecule has 0 unspecified atom stereocenters. The van der Waals surface area contributed by atoms with Crippen LogP contribution in [0.3, 0.4) is 0 Å². The highest BCUT2D eigenvalue weighted by atomic mass is 19.1. The van der Waals surface area contributed by atoms with E-state index in [0.29, 0.717) is 0 Å². The second-order valence-electron chi connectivity index (χ2n) is 4.45. The predicted octanol–water partition coefficient (Wildman–Crippen LogP) is 3.03. The van der Waals surface area contributed by atoms with E-state index in [2.05, 4.69) is 5.32 Å². The van der Waals surface area contributed by atoms with Crippen LogP contribution in [0.25, 0.3) is 0 Å². The van der Waals surface area contributed by atoms with Crippen molar-refractivity contribution in [3.63, 3.8) is 0 Å². The van der Waals surface area contributed by atoms with Crippen molar-refractivity contribution in [3.8, 4) is 0 Å². The average molecular weight is 270 g/mol. The molecule has 0 saturated heterocycles. The summed E-state index contributed by atoms with van der Waals surface area (Å²) in [6.07, 6.45) is 1.91. The van der Waals surface area contributed by atoms with Gasteiger partial charge in [-0.25, -0.2) is 8.78 Å². The van der Waals surface area contributed by atoms with Gasteiger partial charge < -0.3 is 5.32 Å². The maximum Gasteiger partial charge on any atom is 0.238 e. The standard InChI is InChI=1S/C14H20F2N2O/c1-3-7-18(8-4-2)10-14(19)17-13-6-5-11(15)9-12(13)16/h5-6,9H,3-4,7-8,10H2,1-2H3,(H,17,19). The monoisotopic (exact) mass is 270 g/mol. The van der Waals surface area contributed by atoms with Gasteiger partial charge in [-0.05, 0) is 38.1 Å². The topological polar surface area (TPSA) is 32.3 Å². The Morgan fingerprint density at radius 3 is 2.37 bits per heavy atom. The van der Waals surface area contributed by atoms with Crippen LogP contribution in [0.15, 0.2) is 18.2 Å². The third kappa shape index (κ3) is 5.34. The largest absolute Gasteiger partial charge is 0.322 e. The van der Waals surface area contributed by atoms with Gasteiger partial charge in [-0.2, -0.15) is 0 Å². The molecule has 1 aromatic rings. The molecule has 0 saturated carbocycles. The quantitative estimate of drug-likeness (QED) is 0.826. The van der Waals surface area contributed by atoms with Crippen LogP contribution in [0, 0.1) is 11.6 Å². The SMILES string of the molecule is CCCN(CCC)CC(=O)Nc1ccc(F)cc1F. The molecular formula is C14H20F2N2O. The van der Waals surface area contributed by atoms with Crippen molar-refractivity contribution in [1.82, 2.24) is 4.90 Å². The minimum Gasteiger partial charge on any atom is -0.322 e. The molecule has 0 heterocycles. The molecule has 0 atom stereocenters. The normalized spacial score (nSPS) is 10.8. The smallest absolute Gasteiger partial charge is 0.238 e. The summed E-state index contributed by atoms with van der Waals surface area (Å²) in [4.78, 5) is 13.8. The lowest BCUT2D eigenvalue weighted by Crippen LogP contribution is -2.34. The maximum absolute atomic E-state index is 13.4. The van der Waals surface area contributed by atoms with Crippen LogP contribution < -0.4 is 5.32 Å². The van der Waals surface area contributed by atoms with E-state index in [1.165, 1.54) is 6.07 Å². The van der Waals surface area contributed by atoms with Crippen LogP contribution in [0.5, 0.6) is 0 Å². The average Bonchev–Trinajstić information content (AvgIpc) is 2.33. The zero-order valence-electron chi connectivity index (χ0n) is 11.4. The maximum atomic E-state index is 13.4. The Bertz CT molecular complexity index is 418.